The second kappa shape index (κ2) is 9.22. The van der Waals surface area contributed by atoms with Crippen molar-refractivity contribution in [2.24, 2.45) is 5.92 Å². The Morgan fingerprint density at radius 3 is 2.96 bits per heavy atom. The molecule has 7 nitrogen and oxygen atoms in total. The van der Waals surface area contributed by atoms with Gasteiger partial charge in [-0.15, -0.1) is 0 Å². The summed E-state index contributed by atoms with van der Waals surface area (Å²) in [5.74, 6) is -0.213. The van der Waals surface area contributed by atoms with Crippen LogP contribution in [0.25, 0.3) is 0 Å². The van der Waals surface area contributed by atoms with Crippen LogP contribution in [0.15, 0.2) is 18.3 Å². The maximum Gasteiger partial charge on any atom is 0.310 e. The van der Waals surface area contributed by atoms with Crippen molar-refractivity contribution in [1.29, 1.82) is 0 Å². The SMILES string of the molecule is CCOC(=O)[C@H]1CCCN(C(=O)c2ccnc(OCCOC)c2)C1. The summed E-state index contributed by atoms with van der Waals surface area (Å²) in [4.78, 5) is 30.4. The number of aromatic nitrogens is 1. The first-order valence-corrected chi connectivity index (χ1v) is 8.19. The van der Waals surface area contributed by atoms with Crippen LogP contribution in [0.4, 0.5) is 0 Å². The number of hydrogen-bond donors (Lipinski definition) is 0. The first-order valence-electron chi connectivity index (χ1n) is 8.19. The van der Waals surface area contributed by atoms with Gasteiger partial charge < -0.3 is 19.1 Å². The zero-order chi connectivity index (χ0) is 17.4. The summed E-state index contributed by atoms with van der Waals surface area (Å²) in [6.45, 7) is 3.99. The van der Waals surface area contributed by atoms with E-state index in [0.29, 0.717) is 44.4 Å². The van der Waals surface area contributed by atoms with Crippen LogP contribution in [0.2, 0.25) is 0 Å². The van der Waals surface area contributed by atoms with Gasteiger partial charge in [0, 0.05) is 38.0 Å². The second-order valence-electron chi connectivity index (χ2n) is 5.57. The molecule has 1 saturated heterocycles. The lowest BCUT2D eigenvalue weighted by Crippen LogP contribution is -2.42. The van der Waals surface area contributed by atoms with Crippen LogP contribution in [0.5, 0.6) is 5.88 Å². The molecule has 1 amide bonds. The Morgan fingerprint density at radius 1 is 1.38 bits per heavy atom. The predicted molar refractivity (Wildman–Crippen MR) is 86.9 cm³/mol. The molecule has 132 valence electrons. The van der Waals surface area contributed by atoms with E-state index in [0.717, 1.165) is 12.8 Å². The lowest BCUT2D eigenvalue weighted by atomic mass is 9.97. The van der Waals surface area contributed by atoms with E-state index in [2.05, 4.69) is 4.98 Å². The fraction of sp³-hybridized carbons (Fsp3) is 0.588. The van der Waals surface area contributed by atoms with Gasteiger partial charge in [-0.1, -0.05) is 0 Å². The molecule has 0 N–H and O–H groups in total. The van der Waals surface area contributed by atoms with Crippen LogP contribution in [0, 0.1) is 5.92 Å². The number of nitrogens with zero attached hydrogens (tertiary/aromatic N) is 2. The molecule has 0 bridgehead atoms. The standard InChI is InChI=1S/C17H24N2O5/c1-3-23-17(21)14-5-4-8-19(12-14)16(20)13-6-7-18-15(11-13)24-10-9-22-2/h6-7,11,14H,3-5,8-10,12H2,1-2H3/t14-/m0/s1. The topological polar surface area (TPSA) is 78.0 Å². The van der Waals surface area contributed by atoms with Crippen molar-refractivity contribution in [2.75, 3.05) is 40.0 Å². The highest BCUT2D eigenvalue weighted by Crippen LogP contribution is 2.21. The molecular weight excluding hydrogens is 312 g/mol. The number of piperidine rings is 1. The number of carbonyl (C=O) groups is 2. The normalized spacial score (nSPS) is 17.4. The number of pyridine rings is 1. The van der Waals surface area contributed by atoms with Gasteiger partial charge in [0.1, 0.15) is 6.61 Å². The van der Waals surface area contributed by atoms with Crippen molar-refractivity contribution in [2.45, 2.75) is 19.8 Å². The van der Waals surface area contributed by atoms with Crippen LogP contribution < -0.4 is 4.74 Å². The van der Waals surface area contributed by atoms with Crippen LogP contribution >= 0.6 is 0 Å². The van der Waals surface area contributed by atoms with Gasteiger partial charge in [-0.3, -0.25) is 9.59 Å². The molecule has 1 aromatic heterocycles. The predicted octanol–water partition coefficient (Wildman–Crippen LogP) is 1.52. The fourth-order valence-electron chi connectivity index (χ4n) is 2.65. The monoisotopic (exact) mass is 336 g/mol. The Labute approximate surface area is 141 Å². The highest BCUT2D eigenvalue weighted by Gasteiger charge is 2.29. The number of amides is 1. The molecule has 0 aromatic carbocycles. The summed E-state index contributed by atoms with van der Waals surface area (Å²) < 4.78 is 15.4. The molecule has 1 atom stereocenters. The van der Waals surface area contributed by atoms with E-state index in [4.69, 9.17) is 14.2 Å². The minimum absolute atomic E-state index is 0.122. The zero-order valence-corrected chi connectivity index (χ0v) is 14.2. The average molecular weight is 336 g/mol. The molecule has 1 aliphatic rings. The first kappa shape index (κ1) is 18.2. The van der Waals surface area contributed by atoms with Gasteiger partial charge in [0.25, 0.3) is 5.91 Å². The Hall–Kier alpha value is -2.15. The summed E-state index contributed by atoms with van der Waals surface area (Å²) in [5, 5.41) is 0. The Kier molecular flexibility index (Phi) is 6.99. The highest BCUT2D eigenvalue weighted by atomic mass is 16.5. The lowest BCUT2D eigenvalue weighted by Gasteiger charge is -2.31. The van der Waals surface area contributed by atoms with E-state index in [1.54, 1.807) is 37.3 Å². The van der Waals surface area contributed by atoms with E-state index in [-0.39, 0.29) is 17.8 Å². The molecule has 0 unspecified atom stereocenters. The van der Waals surface area contributed by atoms with Crippen molar-refractivity contribution in [3.05, 3.63) is 23.9 Å². The molecule has 2 rings (SSSR count). The van der Waals surface area contributed by atoms with E-state index >= 15 is 0 Å². The molecule has 1 aromatic rings. The smallest absolute Gasteiger partial charge is 0.310 e. The molecule has 1 aliphatic heterocycles. The first-order chi connectivity index (χ1) is 11.7. The molecule has 0 radical (unpaired) electrons. The Bertz CT molecular complexity index is 564. The van der Waals surface area contributed by atoms with Gasteiger partial charge in [0.15, 0.2) is 0 Å². The maximum atomic E-state index is 12.7. The van der Waals surface area contributed by atoms with Crippen molar-refractivity contribution in [1.82, 2.24) is 9.88 Å². The van der Waals surface area contributed by atoms with E-state index < -0.39 is 0 Å². The Morgan fingerprint density at radius 2 is 2.21 bits per heavy atom. The molecule has 1 fully saturated rings. The number of ether oxygens (including phenoxy) is 3. The summed E-state index contributed by atoms with van der Waals surface area (Å²) in [6.07, 6.45) is 3.09. The van der Waals surface area contributed by atoms with Crippen LogP contribution in [-0.2, 0) is 14.3 Å². The lowest BCUT2D eigenvalue weighted by molar-refractivity contribution is -0.149. The van der Waals surface area contributed by atoms with Crippen LogP contribution in [-0.4, -0.2) is 61.8 Å². The zero-order valence-electron chi connectivity index (χ0n) is 14.2. The molecule has 0 spiro atoms. The van der Waals surface area contributed by atoms with Gasteiger partial charge in [-0.05, 0) is 25.8 Å². The summed E-state index contributed by atoms with van der Waals surface area (Å²) in [6, 6.07) is 3.27. The second-order valence-corrected chi connectivity index (χ2v) is 5.57. The largest absolute Gasteiger partial charge is 0.475 e. The Balaban J connectivity index is 1.99. The number of hydrogen-bond acceptors (Lipinski definition) is 6. The molecule has 0 saturated carbocycles. The molecule has 0 aliphatic carbocycles. The minimum Gasteiger partial charge on any atom is -0.475 e. The number of rotatable bonds is 7. The highest BCUT2D eigenvalue weighted by molar-refractivity contribution is 5.94. The molecule has 7 heteroatoms. The third kappa shape index (κ3) is 4.92. The number of methoxy groups -OCH3 is 1. The van der Waals surface area contributed by atoms with Crippen molar-refractivity contribution in [3.8, 4) is 5.88 Å². The van der Waals surface area contributed by atoms with Crippen molar-refractivity contribution < 1.29 is 23.8 Å². The molecule has 24 heavy (non-hydrogen) atoms. The van der Waals surface area contributed by atoms with Gasteiger partial charge >= 0.3 is 5.97 Å². The fourth-order valence-corrected chi connectivity index (χ4v) is 2.65. The third-order valence-electron chi connectivity index (χ3n) is 3.85. The van der Waals surface area contributed by atoms with Gasteiger partial charge in [0.2, 0.25) is 5.88 Å². The average Bonchev–Trinajstić information content (AvgIpc) is 2.62. The number of likely N-dealkylation sites (tertiary alicyclic amines) is 1. The maximum absolute atomic E-state index is 12.7. The van der Waals surface area contributed by atoms with E-state index in [1.807, 2.05) is 0 Å². The quantitative estimate of drug-likeness (QED) is 0.555. The third-order valence-corrected chi connectivity index (χ3v) is 3.85. The van der Waals surface area contributed by atoms with Crippen LogP contribution in [0.3, 0.4) is 0 Å². The summed E-state index contributed by atoms with van der Waals surface area (Å²) in [7, 11) is 1.59. The molecule has 2 heterocycles. The number of esters is 1. The van der Waals surface area contributed by atoms with Gasteiger partial charge in [0.05, 0.1) is 19.1 Å². The van der Waals surface area contributed by atoms with E-state index in [1.165, 1.54) is 0 Å². The van der Waals surface area contributed by atoms with Crippen LogP contribution in [0.1, 0.15) is 30.1 Å². The van der Waals surface area contributed by atoms with E-state index in [9.17, 15) is 9.59 Å². The van der Waals surface area contributed by atoms with Crippen molar-refractivity contribution >= 4 is 11.9 Å². The summed E-state index contributed by atoms with van der Waals surface area (Å²) >= 11 is 0. The van der Waals surface area contributed by atoms with Gasteiger partial charge in [-0.2, -0.15) is 0 Å². The summed E-state index contributed by atoms with van der Waals surface area (Å²) in [5.41, 5.74) is 0.502. The minimum atomic E-state index is -0.248. The number of carbonyl (C=O) groups excluding carboxylic acids is 2. The van der Waals surface area contributed by atoms with Gasteiger partial charge in [-0.25, -0.2) is 4.98 Å². The van der Waals surface area contributed by atoms with Crippen molar-refractivity contribution in [3.63, 3.8) is 0 Å². The molecular formula is C17H24N2O5.